The fourth-order valence-electron chi connectivity index (χ4n) is 3.07. The van der Waals surface area contributed by atoms with Gasteiger partial charge in [-0.1, -0.05) is 6.07 Å². The lowest BCUT2D eigenvalue weighted by Crippen LogP contribution is -2.34. The number of rotatable bonds is 5. The van der Waals surface area contributed by atoms with Crippen molar-refractivity contribution in [1.82, 2.24) is 10.2 Å². The number of hydrogen-bond donors (Lipinski definition) is 2. The predicted molar refractivity (Wildman–Crippen MR) is 79.7 cm³/mol. The Kier molecular flexibility index (Phi) is 4.41. The molecule has 1 aromatic rings. The standard InChI is InChI=1S/C16H22N2O3/c19-12(10-18-8-1-2-9-18)11-21-15-5-3-4-14-13(15)6-7-17-16(14)20/h3-5,12,19H,1-2,6-11H2,(H,17,20). The van der Waals surface area contributed by atoms with Crippen LogP contribution in [0.25, 0.3) is 0 Å². The first-order valence-corrected chi connectivity index (χ1v) is 7.67. The number of carbonyl (C=O) groups excluding carboxylic acids is 1. The highest BCUT2D eigenvalue weighted by molar-refractivity contribution is 5.97. The minimum atomic E-state index is -0.489. The summed E-state index contributed by atoms with van der Waals surface area (Å²) in [7, 11) is 0. The molecular weight excluding hydrogens is 268 g/mol. The number of amides is 1. The number of aliphatic hydroxyl groups excluding tert-OH is 1. The Bertz CT molecular complexity index is 512. The van der Waals surface area contributed by atoms with E-state index < -0.39 is 6.10 Å². The maximum atomic E-state index is 11.8. The van der Waals surface area contributed by atoms with Crippen molar-refractivity contribution in [3.63, 3.8) is 0 Å². The van der Waals surface area contributed by atoms with Gasteiger partial charge in [-0.15, -0.1) is 0 Å². The molecule has 0 saturated carbocycles. The summed E-state index contributed by atoms with van der Waals surface area (Å²) in [6.07, 6.45) is 2.72. The Labute approximate surface area is 124 Å². The first-order valence-electron chi connectivity index (χ1n) is 7.67. The minimum Gasteiger partial charge on any atom is -0.491 e. The molecule has 2 aliphatic rings. The number of benzene rings is 1. The number of hydrogen-bond acceptors (Lipinski definition) is 4. The number of carbonyl (C=O) groups is 1. The van der Waals surface area contributed by atoms with Crippen LogP contribution in [0.4, 0.5) is 0 Å². The number of β-amino-alcohol motifs (C(OH)–C–C–N with tert-alkyl or cyclic N) is 1. The van der Waals surface area contributed by atoms with E-state index >= 15 is 0 Å². The molecule has 1 amide bonds. The lowest BCUT2D eigenvalue weighted by atomic mass is 9.99. The number of aliphatic hydroxyl groups is 1. The molecule has 1 fully saturated rings. The second-order valence-corrected chi connectivity index (χ2v) is 5.76. The van der Waals surface area contributed by atoms with Crippen LogP contribution in [0.2, 0.25) is 0 Å². The molecule has 0 spiro atoms. The Balaban J connectivity index is 1.60. The van der Waals surface area contributed by atoms with E-state index in [9.17, 15) is 9.90 Å². The second-order valence-electron chi connectivity index (χ2n) is 5.76. The number of ether oxygens (including phenoxy) is 1. The SMILES string of the molecule is O=C1NCCc2c(OCC(O)CN3CCCC3)cccc21. The van der Waals surface area contributed by atoms with Gasteiger partial charge in [0.25, 0.3) is 5.91 Å². The summed E-state index contributed by atoms with van der Waals surface area (Å²) >= 11 is 0. The van der Waals surface area contributed by atoms with Crippen molar-refractivity contribution in [2.75, 3.05) is 32.8 Å². The van der Waals surface area contributed by atoms with Crippen molar-refractivity contribution in [2.24, 2.45) is 0 Å². The monoisotopic (exact) mass is 290 g/mol. The number of likely N-dealkylation sites (tertiary alicyclic amines) is 1. The van der Waals surface area contributed by atoms with Crippen LogP contribution in [-0.2, 0) is 6.42 Å². The van der Waals surface area contributed by atoms with Crippen molar-refractivity contribution in [3.8, 4) is 5.75 Å². The molecule has 1 saturated heterocycles. The average Bonchev–Trinajstić information content (AvgIpc) is 2.98. The van der Waals surface area contributed by atoms with Crippen molar-refractivity contribution in [1.29, 1.82) is 0 Å². The van der Waals surface area contributed by atoms with E-state index in [1.165, 1.54) is 12.8 Å². The summed E-state index contributed by atoms with van der Waals surface area (Å²) in [5.41, 5.74) is 1.64. The largest absolute Gasteiger partial charge is 0.491 e. The highest BCUT2D eigenvalue weighted by Crippen LogP contribution is 2.25. The summed E-state index contributed by atoms with van der Waals surface area (Å²) in [5.74, 6) is 0.683. The van der Waals surface area contributed by atoms with Crippen molar-refractivity contribution >= 4 is 5.91 Å². The van der Waals surface area contributed by atoms with Gasteiger partial charge < -0.3 is 20.1 Å². The van der Waals surface area contributed by atoms with Crippen molar-refractivity contribution in [2.45, 2.75) is 25.4 Å². The molecule has 1 aromatic carbocycles. The van der Waals surface area contributed by atoms with E-state index in [-0.39, 0.29) is 12.5 Å². The molecule has 1 atom stereocenters. The summed E-state index contributed by atoms with van der Waals surface area (Å²) < 4.78 is 5.77. The van der Waals surface area contributed by atoms with Crippen LogP contribution in [-0.4, -0.2) is 54.8 Å². The lowest BCUT2D eigenvalue weighted by molar-refractivity contribution is 0.0752. The molecule has 2 heterocycles. The van der Waals surface area contributed by atoms with E-state index in [1.54, 1.807) is 0 Å². The highest BCUT2D eigenvalue weighted by Gasteiger charge is 2.21. The fraction of sp³-hybridized carbons (Fsp3) is 0.562. The van der Waals surface area contributed by atoms with Crippen molar-refractivity contribution < 1.29 is 14.6 Å². The smallest absolute Gasteiger partial charge is 0.251 e. The molecule has 2 N–H and O–H groups in total. The molecule has 0 radical (unpaired) electrons. The second kappa shape index (κ2) is 6.45. The third-order valence-electron chi connectivity index (χ3n) is 4.14. The molecule has 114 valence electrons. The van der Waals surface area contributed by atoms with Gasteiger partial charge in [-0.25, -0.2) is 0 Å². The molecular formula is C16H22N2O3. The molecule has 21 heavy (non-hydrogen) atoms. The zero-order valence-corrected chi connectivity index (χ0v) is 12.2. The minimum absolute atomic E-state index is 0.0423. The van der Waals surface area contributed by atoms with Crippen LogP contribution < -0.4 is 10.1 Å². The molecule has 0 aromatic heterocycles. The summed E-state index contributed by atoms with van der Waals surface area (Å²) in [4.78, 5) is 14.0. The van der Waals surface area contributed by atoms with Crippen LogP contribution in [0.1, 0.15) is 28.8 Å². The predicted octanol–water partition coefficient (Wildman–Crippen LogP) is 0.808. The van der Waals surface area contributed by atoms with E-state index in [4.69, 9.17) is 4.74 Å². The number of fused-ring (bicyclic) bond motifs is 1. The van der Waals surface area contributed by atoms with Crippen LogP contribution in [0.3, 0.4) is 0 Å². The first kappa shape index (κ1) is 14.4. The molecule has 5 heteroatoms. The highest BCUT2D eigenvalue weighted by atomic mass is 16.5. The van der Waals surface area contributed by atoms with Crippen LogP contribution in [0.5, 0.6) is 5.75 Å². The Morgan fingerprint density at radius 1 is 1.33 bits per heavy atom. The van der Waals surface area contributed by atoms with Gasteiger partial charge in [0.1, 0.15) is 18.5 Å². The lowest BCUT2D eigenvalue weighted by Gasteiger charge is -2.22. The molecule has 2 aliphatic heterocycles. The van der Waals surface area contributed by atoms with E-state index in [2.05, 4.69) is 10.2 Å². The van der Waals surface area contributed by atoms with Gasteiger partial charge in [0.2, 0.25) is 0 Å². The van der Waals surface area contributed by atoms with Gasteiger partial charge in [-0.2, -0.15) is 0 Å². The first-order chi connectivity index (χ1) is 10.2. The van der Waals surface area contributed by atoms with Crippen LogP contribution in [0, 0.1) is 0 Å². The maximum Gasteiger partial charge on any atom is 0.251 e. The van der Waals surface area contributed by atoms with Gasteiger partial charge in [0.15, 0.2) is 0 Å². The average molecular weight is 290 g/mol. The zero-order chi connectivity index (χ0) is 14.7. The van der Waals surface area contributed by atoms with E-state index in [0.717, 1.165) is 30.8 Å². The molecule has 3 rings (SSSR count). The van der Waals surface area contributed by atoms with Gasteiger partial charge in [0, 0.05) is 24.2 Å². The van der Waals surface area contributed by atoms with Crippen LogP contribution in [0.15, 0.2) is 18.2 Å². The van der Waals surface area contributed by atoms with Crippen LogP contribution >= 0.6 is 0 Å². The molecule has 0 bridgehead atoms. The Hall–Kier alpha value is -1.59. The van der Waals surface area contributed by atoms with Gasteiger partial charge >= 0.3 is 0 Å². The van der Waals surface area contributed by atoms with E-state index in [0.29, 0.717) is 18.7 Å². The quantitative estimate of drug-likeness (QED) is 0.842. The molecule has 0 aliphatic carbocycles. The van der Waals surface area contributed by atoms with Gasteiger partial charge in [-0.05, 0) is 44.5 Å². The molecule has 5 nitrogen and oxygen atoms in total. The van der Waals surface area contributed by atoms with E-state index in [1.807, 2.05) is 18.2 Å². The number of nitrogens with zero attached hydrogens (tertiary/aromatic N) is 1. The normalized spacial score (nSPS) is 20.0. The summed E-state index contributed by atoms with van der Waals surface area (Å²) in [5, 5.41) is 12.9. The Morgan fingerprint density at radius 3 is 2.95 bits per heavy atom. The third-order valence-corrected chi connectivity index (χ3v) is 4.14. The maximum absolute atomic E-state index is 11.8. The zero-order valence-electron chi connectivity index (χ0n) is 12.2. The fourth-order valence-corrected chi connectivity index (χ4v) is 3.07. The topological polar surface area (TPSA) is 61.8 Å². The van der Waals surface area contributed by atoms with Crippen molar-refractivity contribution in [3.05, 3.63) is 29.3 Å². The Morgan fingerprint density at radius 2 is 2.14 bits per heavy atom. The van der Waals surface area contributed by atoms with Gasteiger partial charge in [-0.3, -0.25) is 4.79 Å². The van der Waals surface area contributed by atoms with Gasteiger partial charge in [0.05, 0.1) is 0 Å². The number of nitrogens with one attached hydrogen (secondary N) is 1. The summed E-state index contributed by atoms with van der Waals surface area (Å²) in [6, 6.07) is 5.52. The molecule has 1 unspecified atom stereocenters. The third kappa shape index (κ3) is 3.36. The summed E-state index contributed by atoms with van der Waals surface area (Å²) in [6.45, 7) is 3.71.